The molecule has 0 unspecified atom stereocenters. The summed E-state index contributed by atoms with van der Waals surface area (Å²) in [5.41, 5.74) is -1.38. The Balaban J connectivity index is 4.50. The van der Waals surface area contributed by atoms with Crippen molar-refractivity contribution in [2.75, 3.05) is 32.6 Å². The highest BCUT2D eigenvalue weighted by Gasteiger charge is 2.21. The van der Waals surface area contributed by atoms with E-state index < -0.39 is 52.2 Å². The Labute approximate surface area is 177 Å². The fourth-order valence-electron chi connectivity index (χ4n) is 1.70. The zero-order valence-electron chi connectivity index (χ0n) is 18.5. The van der Waals surface area contributed by atoms with Crippen LogP contribution in [-0.4, -0.2) is 76.5 Å². The van der Waals surface area contributed by atoms with E-state index in [-0.39, 0.29) is 19.7 Å². The molecule has 0 aromatic rings. The molecule has 0 aromatic heterocycles. The first-order valence-corrected chi connectivity index (χ1v) is 11.0. The van der Waals surface area contributed by atoms with E-state index in [0.29, 0.717) is 0 Å². The molecule has 13 heteroatoms. The summed E-state index contributed by atoms with van der Waals surface area (Å²) in [6, 6.07) is -0.918. The molecule has 0 aliphatic carbocycles. The largest absolute Gasteiger partial charge is 0.448 e. The zero-order chi connectivity index (χ0) is 23.6. The van der Waals surface area contributed by atoms with Crippen molar-refractivity contribution in [3.05, 3.63) is 0 Å². The van der Waals surface area contributed by atoms with Crippen LogP contribution in [-0.2, 0) is 28.5 Å². The number of amides is 3. The number of rotatable bonds is 9. The third-order valence-electron chi connectivity index (χ3n) is 2.70. The summed E-state index contributed by atoms with van der Waals surface area (Å²) in [7, 11) is -3.77. The minimum absolute atomic E-state index is 0.00297. The summed E-state index contributed by atoms with van der Waals surface area (Å²) in [4.78, 5) is 35.1. The fraction of sp³-hybridized carbons (Fsp3) is 0.824. The fourth-order valence-corrected chi connectivity index (χ4v) is 2.11. The number of ether oxygens (including phenoxy) is 3. The molecule has 0 saturated carbocycles. The maximum absolute atomic E-state index is 11.9. The van der Waals surface area contributed by atoms with Gasteiger partial charge in [0.1, 0.15) is 17.8 Å². The molecule has 0 aliphatic heterocycles. The van der Waals surface area contributed by atoms with Crippen LogP contribution in [0.2, 0.25) is 0 Å². The van der Waals surface area contributed by atoms with Crippen molar-refractivity contribution in [3.8, 4) is 0 Å². The average molecular weight is 456 g/mol. The van der Waals surface area contributed by atoms with Crippen LogP contribution in [0.4, 0.5) is 14.4 Å². The molecule has 30 heavy (non-hydrogen) atoms. The molecule has 3 amide bonds. The van der Waals surface area contributed by atoms with Crippen LogP contribution < -0.4 is 16.0 Å². The molecule has 176 valence electrons. The zero-order valence-corrected chi connectivity index (χ0v) is 19.3. The molecule has 0 spiro atoms. The van der Waals surface area contributed by atoms with Crippen molar-refractivity contribution in [1.29, 1.82) is 0 Å². The van der Waals surface area contributed by atoms with Crippen LogP contribution in [0.25, 0.3) is 0 Å². The molecule has 0 fully saturated rings. The van der Waals surface area contributed by atoms with Crippen molar-refractivity contribution in [2.45, 2.75) is 58.8 Å². The van der Waals surface area contributed by atoms with Gasteiger partial charge in [0, 0.05) is 6.54 Å². The SMILES string of the molecule is CC(C)(C)OC(=O)NCCOC(=O)N[C@@H](CNC(=O)OC(C)(C)C)COS(C)(=O)=O. The summed E-state index contributed by atoms with van der Waals surface area (Å²) < 4.78 is 42.0. The molecule has 3 N–H and O–H groups in total. The lowest BCUT2D eigenvalue weighted by atomic mass is 10.2. The van der Waals surface area contributed by atoms with Gasteiger partial charge in [0.25, 0.3) is 10.1 Å². The molecule has 0 rings (SSSR count). The molecular weight excluding hydrogens is 422 g/mol. The second-order valence-electron chi connectivity index (χ2n) is 8.28. The van der Waals surface area contributed by atoms with Crippen molar-refractivity contribution in [1.82, 2.24) is 16.0 Å². The van der Waals surface area contributed by atoms with Gasteiger partial charge in [-0.05, 0) is 41.5 Å². The van der Waals surface area contributed by atoms with Gasteiger partial charge in [-0.25, -0.2) is 14.4 Å². The van der Waals surface area contributed by atoms with Gasteiger partial charge >= 0.3 is 18.3 Å². The Morgan fingerprint density at radius 3 is 1.83 bits per heavy atom. The Morgan fingerprint density at radius 1 is 0.867 bits per heavy atom. The molecule has 0 aromatic carbocycles. The summed E-state index contributed by atoms with van der Waals surface area (Å²) in [5.74, 6) is 0. The Bertz CT molecular complexity index is 682. The lowest BCUT2D eigenvalue weighted by Gasteiger charge is -2.22. The Hall–Kier alpha value is -2.28. The number of carbonyl (C=O) groups excluding carboxylic acids is 3. The first-order chi connectivity index (χ1) is 13.5. The number of hydrogen-bond donors (Lipinski definition) is 3. The van der Waals surface area contributed by atoms with Gasteiger partial charge in [-0.3, -0.25) is 4.18 Å². The Kier molecular flexibility index (Phi) is 10.9. The highest BCUT2D eigenvalue weighted by molar-refractivity contribution is 7.85. The van der Waals surface area contributed by atoms with E-state index in [9.17, 15) is 22.8 Å². The van der Waals surface area contributed by atoms with Crippen molar-refractivity contribution in [3.63, 3.8) is 0 Å². The smallest absolute Gasteiger partial charge is 0.407 e. The van der Waals surface area contributed by atoms with E-state index in [2.05, 4.69) is 20.1 Å². The quantitative estimate of drug-likeness (QED) is 0.263. The summed E-state index contributed by atoms with van der Waals surface area (Å²) in [5, 5.41) is 7.19. The first kappa shape index (κ1) is 27.7. The summed E-state index contributed by atoms with van der Waals surface area (Å²) in [6.45, 7) is 9.40. The lowest BCUT2D eigenvalue weighted by molar-refractivity contribution is 0.0509. The maximum atomic E-state index is 11.9. The van der Waals surface area contributed by atoms with E-state index in [1.165, 1.54) is 0 Å². The second-order valence-corrected chi connectivity index (χ2v) is 9.92. The van der Waals surface area contributed by atoms with Crippen LogP contribution in [0.1, 0.15) is 41.5 Å². The van der Waals surface area contributed by atoms with Crippen LogP contribution in [0.3, 0.4) is 0 Å². The molecule has 0 heterocycles. The third-order valence-corrected chi connectivity index (χ3v) is 3.26. The molecule has 0 aliphatic rings. The number of carbonyl (C=O) groups is 3. The van der Waals surface area contributed by atoms with E-state index in [4.69, 9.17) is 14.2 Å². The lowest BCUT2D eigenvalue weighted by Crippen LogP contribution is -2.48. The third kappa shape index (κ3) is 17.8. The standard InChI is InChI=1S/C17H33N3O9S/c1-16(2,3)28-13(21)18-8-9-26-15(23)20-12(11-27-30(7,24)25)10-19-14(22)29-17(4,5)6/h12H,8-11H2,1-7H3,(H,18,21)(H,19,22)(H,20,23)/t12-/m0/s1. The second kappa shape index (κ2) is 11.8. The van der Waals surface area contributed by atoms with E-state index in [1.807, 2.05) is 0 Å². The highest BCUT2D eigenvalue weighted by Crippen LogP contribution is 2.07. The topological polar surface area (TPSA) is 158 Å². The highest BCUT2D eigenvalue weighted by atomic mass is 32.2. The van der Waals surface area contributed by atoms with E-state index in [1.54, 1.807) is 41.5 Å². The van der Waals surface area contributed by atoms with Crippen molar-refractivity contribution < 1.29 is 41.2 Å². The van der Waals surface area contributed by atoms with Gasteiger partial charge in [0.15, 0.2) is 0 Å². The average Bonchev–Trinajstić information content (AvgIpc) is 2.50. The van der Waals surface area contributed by atoms with Gasteiger partial charge in [-0.15, -0.1) is 0 Å². The molecule has 0 radical (unpaired) electrons. The van der Waals surface area contributed by atoms with Crippen LogP contribution in [0.5, 0.6) is 0 Å². The first-order valence-electron chi connectivity index (χ1n) is 9.18. The van der Waals surface area contributed by atoms with Gasteiger partial charge < -0.3 is 30.2 Å². The maximum Gasteiger partial charge on any atom is 0.407 e. The van der Waals surface area contributed by atoms with Crippen molar-refractivity contribution >= 4 is 28.4 Å². The molecule has 1 atom stereocenters. The van der Waals surface area contributed by atoms with Crippen LogP contribution >= 0.6 is 0 Å². The van der Waals surface area contributed by atoms with Gasteiger partial charge in [0.05, 0.1) is 25.4 Å². The molecule has 0 saturated heterocycles. The van der Waals surface area contributed by atoms with Gasteiger partial charge in [-0.1, -0.05) is 0 Å². The number of nitrogens with one attached hydrogen (secondary N) is 3. The monoisotopic (exact) mass is 455 g/mol. The van der Waals surface area contributed by atoms with Crippen LogP contribution in [0, 0.1) is 0 Å². The normalized spacial score (nSPS) is 13.0. The summed E-state index contributed by atoms with van der Waals surface area (Å²) >= 11 is 0. The summed E-state index contributed by atoms with van der Waals surface area (Å²) in [6.07, 6.45) is -1.45. The van der Waals surface area contributed by atoms with Crippen molar-refractivity contribution in [2.24, 2.45) is 0 Å². The minimum Gasteiger partial charge on any atom is -0.448 e. The van der Waals surface area contributed by atoms with E-state index >= 15 is 0 Å². The predicted molar refractivity (Wildman–Crippen MR) is 108 cm³/mol. The predicted octanol–water partition coefficient (Wildman–Crippen LogP) is 1.11. The molecule has 0 bridgehead atoms. The molecular formula is C17H33N3O9S. The Morgan fingerprint density at radius 2 is 1.37 bits per heavy atom. The minimum atomic E-state index is -3.77. The van der Waals surface area contributed by atoms with Gasteiger partial charge in [-0.2, -0.15) is 8.42 Å². The van der Waals surface area contributed by atoms with E-state index in [0.717, 1.165) is 6.26 Å². The number of hydrogen-bond acceptors (Lipinski definition) is 9. The van der Waals surface area contributed by atoms with Crippen LogP contribution in [0.15, 0.2) is 0 Å². The number of alkyl carbamates (subject to hydrolysis) is 3. The molecule has 12 nitrogen and oxygen atoms in total. The van der Waals surface area contributed by atoms with Gasteiger partial charge in [0.2, 0.25) is 0 Å².